The van der Waals surface area contributed by atoms with Gasteiger partial charge in [-0.2, -0.15) is 0 Å². The van der Waals surface area contributed by atoms with E-state index in [1.807, 2.05) is 0 Å². The minimum atomic E-state index is -2.06. The molecular formula is C14H11BrO4. The monoisotopic (exact) mass is 322 g/mol. The largest absolute Gasteiger partial charge is 0.479 e. The van der Waals surface area contributed by atoms with E-state index in [9.17, 15) is 15.0 Å². The highest BCUT2D eigenvalue weighted by molar-refractivity contribution is 8.93. The van der Waals surface area contributed by atoms with Crippen molar-refractivity contribution in [2.24, 2.45) is 0 Å². The van der Waals surface area contributed by atoms with Crippen LogP contribution in [-0.4, -0.2) is 16.2 Å². The molecule has 0 fully saturated rings. The van der Waals surface area contributed by atoms with Gasteiger partial charge in [-0.3, -0.25) is 0 Å². The number of hydrogen-bond donors (Lipinski definition) is 2. The van der Waals surface area contributed by atoms with Crippen LogP contribution >= 0.6 is 17.0 Å². The number of carboxylic acids is 1. The highest BCUT2D eigenvalue weighted by atomic mass is 79.9. The summed E-state index contributed by atoms with van der Waals surface area (Å²) < 4.78 is 5.60. The molecule has 0 radical (unpaired) electrons. The lowest BCUT2D eigenvalue weighted by Crippen LogP contribution is -2.39. The maximum absolute atomic E-state index is 11.5. The number of aliphatic carboxylic acids is 1. The highest BCUT2D eigenvalue weighted by Gasteiger charge is 2.47. The third-order valence-electron chi connectivity index (χ3n) is 3.08. The second-order valence-electron chi connectivity index (χ2n) is 4.11. The molecule has 98 valence electrons. The number of aliphatic hydroxyl groups is 1. The van der Waals surface area contributed by atoms with Gasteiger partial charge >= 0.3 is 5.97 Å². The Kier molecular flexibility index (Phi) is 3.34. The SMILES string of the molecule is Br.O=C(O)C1(O)c2ccccc2Oc2ccccc21. The number of halogens is 1. The maximum atomic E-state index is 11.5. The van der Waals surface area contributed by atoms with Crippen molar-refractivity contribution in [2.75, 3.05) is 0 Å². The van der Waals surface area contributed by atoms with E-state index < -0.39 is 11.6 Å². The van der Waals surface area contributed by atoms with Crippen molar-refractivity contribution in [3.8, 4) is 11.5 Å². The van der Waals surface area contributed by atoms with Crippen LogP contribution in [0.4, 0.5) is 0 Å². The molecule has 0 aliphatic carbocycles. The van der Waals surface area contributed by atoms with Crippen molar-refractivity contribution >= 4 is 23.0 Å². The Morgan fingerprint density at radius 1 is 0.947 bits per heavy atom. The molecule has 4 nitrogen and oxygen atoms in total. The summed E-state index contributed by atoms with van der Waals surface area (Å²) in [4.78, 5) is 11.5. The summed E-state index contributed by atoms with van der Waals surface area (Å²) in [5.41, 5.74) is -1.57. The fraction of sp³-hybridized carbons (Fsp3) is 0.0714. The summed E-state index contributed by atoms with van der Waals surface area (Å²) in [6.45, 7) is 0. The first-order chi connectivity index (χ1) is 8.64. The zero-order valence-electron chi connectivity index (χ0n) is 9.74. The molecule has 0 spiro atoms. The molecule has 5 heteroatoms. The summed E-state index contributed by atoms with van der Waals surface area (Å²) in [6, 6.07) is 13.2. The molecule has 1 aliphatic rings. The Bertz CT molecular complexity index is 593. The van der Waals surface area contributed by atoms with Crippen LogP contribution in [-0.2, 0) is 10.4 Å². The third kappa shape index (κ3) is 1.82. The van der Waals surface area contributed by atoms with Gasteiger partial charge in [-0.25, -0.2) is 4.79 Å². The summed E-state index contributed by atoms with van der Waals surface area (Å²) in [5, 5.41) is 20.0. The van der Waals surface area contributed by atoms with E-state index in [1.54, 1.807) is 48.5 Å². The van der Waals surface area contributed by atoms with Gasteiger partial charge in [0, 0.05) is 11.1 Å². The van der Waals surface area contributed by atoms with E-state index in [2.05, 4.69) is 0 Å². The van der Waals surface area contributed by atoms with E-state index >= 15 is 0 Å². The number of ether oxygens (including phenoxy) is 1. The first-order valence-electron chi connectivity index (χ1n) is 5.46. The molecule has 3 rings (SSSR count). The van der Waals surface area contributed by atoms with Crippen LogP contribution in [0.5, 0.6) is 11.5 Å². The molecule has 1 heterocycles. The molecule has 0 aromatic heterocycles. The van der Waals surface area contributed by atoms with Crippen molar-refractivity contribution in [1.82, 2.24) is 0 Å². The number of fused-ring (bicyclic) bond motifs is 2. The van der Waals surface area contributed by atoms with Crippen molar-refractivity contribution in [3.63, 3.8) is 0 Å². The Labute approximate surface area is 120 Å². The van der Waals surface area contributed by atoms with Gasteiger partial charge in [0.05, 0.1) is 0 Å². The van der Waals surface area contributed by atoms with Gasteiger partial charge in [0.1, 0.15) is 11.5 Å². The summed E-state index contributed by atoms with van der Waals surface area (Å²) in [5.74, 6) is -0.590. The average molecular weight is 323 g/mol. The minimum absolute atomic E-state index is 0. The van der Waals surface area contributed by atoms with Crippen molar-refractivity contribution in [2.45, 2.75) is 5.60 Å². The van der Waals surface area contributed by atoms with Crippen molar-refractivity contribution in [3.05, 3.63) is 59.7 Å². The Hall–Kier alpha value is -1.85. The molecule has 0 saturated heterocycles. The molecule has 0 bridgehead atoms. The van der Waals surface area contributed by atoms with E-state index in [0.717, 1.165) is 0 Å². The molecule has 1 aliphatic heterocycles. The molecule has 0 atom stereocenters. The van der Waals surface area contributed by atoms with Gasteiger partial charge in [-0.1, -0.05) is 36.4 Å². The Morgan fingerprint density at radius 2 is 1.37 bits per heavy atom. The molecule has 0 saturated carbocycles. The first kappa shape index (κ1) is 13.6. The number of carbonyl (C=O) groups is 1. The van der Waals surface area contributed by atoms with E-state index in [0.29, 0.717) is 11.5 Å². The molecule has 2 aromatic carbocycles. The molecular weight excluding hydrogens is 312 g/mol. The van der Waals surface area contributed by atoms with Gasteiger partial charge in [-0.05, 0) is 12.1 Å². The van der Waals surface area contributed by atoms with E-state index in [1.165, 1.54) is 0 Å². The Morgan fingerprint density at radius 3 is 1.79 bits per heavy atom. The smallest absolute Gasteiger partial charge is 0.345 e. The zero-order chi connectivity index (χ0) is 12.8. The lowest BCUT2D eigenvalue weighted by atomic mass is 9.83. The summed E-state index contributed by atoms with van der Waals surface area (Å²) in [7, 11) is 0. The average Bonchev–Trinajstić information content (AvgIpc) is 2.39. The number of para-hydroxylation sites is 2. The number of carboxylic acid groups (broad SMARTS) is 1. The van der Waals surface area contributed by atoms with Crippen LogP contribution in [0.2, 0.25) is 0 Å². The first-order valence-corrected chi connectivity index (χ1v) is 5.46. The predicted octanol–water partition coefficient (Wildman–Crippen LogP) is 2.69. The van der Waals surface area contributed by atoms with Crippen molar-refractivity contribution in [1.29, 1.82) is 0 Å². The van der Waals surface area contributed by atoms with Crippen LogP contribution in [0.25, 0.3) is 0 Å². The van der Waals surface area contributed by atoms with Gasteiger partial charge in [0.15, 0.2) is 0 Å². The fourth-order valence-electron chi connectivity index (χ4n) is 2.20. The van der Waals surface area contributed by atoms with Gasteiger partial charge in [-0.15, -0.1) is 17.0 Å². The molecule has 2 aromatic rings. The fourth-order valence-corrected chi connectivity index (χ4v) is 2.20. The van der Waals surface area contributed by atoms with Gasteiger partial charge in [0.2, 0.25) is 5.60 Å². The van der Waals surface area contributed by atoms with Crippen LogP contribution in [0, 0.1) is 0 Å². The van der Waals surface area contributed by atoms with Crippen LogP contribution < -0.4 is 4.74 Å². The summed E-state index contributed by atoms with van der Waals surface area (Å²) >= 11 is 0. The molecule has 0 amide bonds. The lowest BCUT2D eigenvalue weighted by Gasteiger charge is -2.32. The highest BCUT2D eigenvalue weighted by Crippen LogP contribution is 2.46. The standard InChI is InChI=1S/C14H10O4.BrH/c15-13(16)14(17)9-5-1-3-7-11(9)18-12-8-4-2-6-10(12)14;/h1-8,17H,(H,15,16);1H. The second kappa shape index (κ2) is 4.68. The number of benzene rings is 2. The quantitative estimate of drug-likeness (QED) is 0.847. The normalized spacial score (nSPS) is 14.4. The number of hydrogen-bond acceptors (Lipinski definition) is 3. The van der Waals surface area contributed by atoms with E-state index in [4.69, 9.17) is 4.74 Å². The van der Waals surface area contributed by atoms with Crippen LogP contribution in [0.3, 0.4) is 0 Å². The van der Waals surface area contributed by atoms with Crippen LogP contribution in [0.15, 0.2) is 48.5 Å². The summed E-state index contributed by atoms with van der Waals surface area (Å²) in [6.07, 6.45) is 0. The lowest BCUT2D eigenvalue weighted by molar-refractivity contribution is -0.155. The number of rotatable bonds is 1. The Balaban J connectivity index is 0.00000133. The van der Waals surface area contributed by atoms with Gasteiger partial charge in [0.25, 0.3) is 0 Å². The minimum Gasteiger partial charge on any atom is -0.479 e. The second-order valence-corrected chi connectivity index (χ2v) is 4.11. The van der Waals surface area contributed by atoms with E-state index in [-0.39, 0.29) is 28.1 Å². The van der Waals surface area contributed by atoms with Gasteiger partial charge < -0.3 is 14.9 Å². The predicted molar refractivity (Wildman–Crippen MR) is 73.9 cm³/mol. The van der Waals surface area contributed by atoms with Crippen LogP contribution in [0.1, 0.15) is 11.1 Å². The molecule has 19 heavy (non-hydrogen) atoms. The topological polar surface area (TPSA) is 66.8 Å². The molecule has 0 unspecified atom stereocenters. The molecule has 2 N–H and O–H groups in total. The van der Waals surface area contributed by atoms with Crippen molar-refractivity contribution < 1.29 is 19.7 Å². The third-order valence-corrected chi connectivity index (χ3v) is 3.08. The maximum Gasteiger partial charge on any atom is 0.345 e. The zero-order valence-corrected chi connectivity index (χ0v) is 11.5.